The van der Waals surface area contributed by atoms with E-state index >= 15 is 0 Å². The second-order valence-electron chi connectivity index (χ2n) is 6.89. The van der Waals surface area contributed by atoms with Crippen LogP contribution in [0.5, 0.6) is 0 Å². The minimum Gasteiger partial charge on any atom is -0.447 e. The van der Waals surface area contributed by atoms with Gasteiger partial charge in [0.05, 0.1) is 22.7 Å². The molecule has 6 nitrogen and oxygen atoms in total. The number of esters is 1. The van der Waals surface area contributed by atoms with Gasteiger partial charge in [-0.3, -0.25) is 9.29 Å². The molecular formula is C22H19FN2O4S. The van der Waals surface area contributed by atoms with E-state index in [1.807, 2.05) is 0 Å². The molecule has 154 valence electrons. The van der Waals surface area contributed by atoms with Gasteiger partial charge >= 0.3 is 5.97 Å². The zero-order valence-corrected chi connectivity index (χ0v) is 16.8. The average molecular weight is 426 g/mol. The van der Waals surface area contributed by atoms with E-state index < -0.39 is 27.9 Å². The van der Waals surface area contributed by atoms with Crippen molar-refractivity contribution in [2.75, 3.05) is 16.6 Å². The molecule has 0 N–H and O–H groups in total. The Morgan fingerprint density at radius 2 is 1.90 bits per heavy atom. The maximum Gasteiger partial charge on any atom is 0.339 e. The first-order chi connectivity index (χ1) is 14.4. The Kier molecular flexibility index (Phi) is 5.50. The van der Waals surface area contributed by atoms with Crippen molar-refractivity contribution in [3.8, 4) is 0 Å². The van der Waals surface area contributed by atoms with Crippen LogP contribution in [0.25, 0.3) is 0 Å². The molecule has 1 fully saturated rings. The summed E-state index contributed by atoms with van der Waals surface area (Å²) in [7, 11) is -3.37. The highest BCUT2D eigenvalue weighted by Crippen LogP contribution is 2.28. The number of nitrogens with zero attached hydrogens (tertiary/aromatic N) is 2. The van der Waals surface area contributed by atoms with E-state index in [0.717, 1.165) is 0 Å². The van der Waals surface area contributed by atoms with Gasteiger partial charge in [0.25, 0.3) is 0 Å². The maximum atomic E-state index is 13.8. The van der Waals surface area contributed by atoms with E-state index in [1.54, 1.807) is 48.7 Å². The second-order valence-corrected chi connectivity index (χ2v) is 8.90. The predicted molar refractivity (Wildman–Crippen MR) is 110 cm³/mol. The lowest BCUT2D eigenvalue weighted by Crippen LogP contribution is -2.25. The number of halogens is 1. The van der Waals surface area contributed by atoms with Gasteiger partial charge in [-0.15, -0.1) is 0 Å². The molecule has 0 saturated carbocycles. The average Bonchev–Trinajstić information content (AvgIpc) is 3.11. The molecule has 0 aliphatic carbocycles. The van der Waals surface area contributed by atoms with Crippen LogP contribution in [0.1, 0.15) is 34.1 Å². The van der Waals surface area contributed by atoms with Crippen LogP contribution in [-0.2, 0) is 14.8 Å². The van der Waals surface area contributed by atoms with Crippen molar-refractivity contribution in [1.82, 2.24) is 4.98 Å². The minimum atomic E-state index is -3.37. The molecule has 0 radical (unpaired) electrons. The zero-order valence-electron chi connectivity index (χ0n) is 15.9. The molecule has 8 heteroatoms. The highest BCUT2D eigenvalue weighted by atomic mass is 32.2. The van der Waals surface area contributed by atoms with Crippen molar-refractivity contribution in [2.45, 2.75) is 12.5 Å². The van der Waals surface area contributed by atoms with Crippen LogP contribution in [-0.4, -0.2) is 31.7 Å². The number of hydrogen-bond donors (Lipinski definition) is 0. The molecule has 1 aliphatic heterocycles. The number of benzene rings is 2. The monoisotopic (exact) mass is 426 g/mol. The Hall–Kier alpha value is -3.26. The Balaban J connectivity index is 1.64. The Bertz CT molecular complexity index is 1170. The molecular weight excluding hydrogens is 407 g/mol. The molecule has 2 aromatic carbocycles. The molecule has 0 bridgehead atoms. The van der Waals surface area contributed by atoms with Crippen LogP contribution >= 0.6 is 0 Å². The Labute approximate surface area is 174 Å². The van der Waals surface area contributed by atoms with Crippen molar-refractivity contribution < 1.29 is 22.3 Å². The van der Waals surface area contributed by atoms with Gasteiger partial charge in [-0.25, -0.2) is 17.6 Å². The van der Waals surface area contributed by atoms with E-state index in [4.69, 9.17) is 4.74 Å². The van der Waals surface area contributed by atoms with E-state index in [-0.39, 0.29) is 11.3 Å². The fourth-order valence-corrected chi connectivity index (χ4v) is 4.95. The lowest BCUT2D eigenvalue weighted by Gasteiger charge is -2.20. The molecule has 1 aromatic heterocycles. The first kappa shape index (κ1) is 20.0. The number of rotatable bonds is 5. The predicted octanol–water partition coefficient (Wildman–Crippen LogP) is 3.71. The van der Waals surface area contributed by atoms with Crippen molar-refractivity contribution in [1.29, 1.82) is 0 Å². The third kappa shape index (κ3) is 4.18. The van der Waals surface area contributed by atoms with Crippen molar-refractivity contribution in [3.63, 3.8) is 0 Å². The minimum absolute atomic E-state index is 0.0863. The molecule has 4 rings (SSSR count). The van der Waals surface area contributed by atoms with Crippen molar-refractivity contribution >= 4 is 21.7 Å². The van der Waals surface area contributed by atoms with Gasteiger partial charge in [-0.05, 0) is 48.9 Å². The highest BCUT2D eigenvalue weighted by Gasteiger charge is 2.29. The fraction of sp³-hybridized carbons (Fsp3) is 0.182. The van der Waals surface area contributed by atoms with Gasteiger partial charge in [-0.1, -0.05) is 24.3 Å². The number of hydrogen-bond acceptors (Lipinski definition) is 5. The van der Waals surface area contributed by atoms with Crippen LogP contribution in [0, 0.1) is 5.82 Å². The van der Waals surface area contributed by atoms with E-state index in [0.29, 0.717) is 29.9 Å². The third-order valence-corrected chi connectivity index (χ3v) is 6.67. The third-order valence-electron chi connectivity index (χ3n) is 4.80. The fourth-order valence-electron chi connectivity index (χ4n) is 3.39. The van der Waals surface area contributed by atoms with Gasteiger partial charge in [0.1, 0.15) is 5.82 Å². The second kappa shape index (κ2) is 8.23. The summed E-state index contributed by atoms with van der Waals surface area (Å²) in [6, 6.07) is 17.3. The molecule has 1 saturated heterocycles. The molecule has 0 amide bonds. The SMILES string of the molecule is O=C(OC(c1cccc(F)c1)c1ccccn1)c1cccc(N2CCCS2(=O)=O)c1. The van der Waals surface area contributed by atoms with Crippen LogP contribution in [0.15, 0.2) is 72.9 Å². The van der Waals surface area contributed by atoms with Gasteiger partial charge < -0.3 is 4.74 Å². The number of pyridine rings is 1. The number of carbonyl (C=O) groups excluding carboxylic acids is 1. The van der Waals surface area contributed by atoms with Crippen molar-refractivity contribution in [2.24, 2.45) is 0 Å². The maximum absolute atomic E-state index is 13.8. The molecule has 2 heterocycles. The number of aromatic nitrogens is 1. The van der Waals surface area contributed by atoms with Crippen LogP contribution in [0.2, 0.25) is 0 Å². The molecule has 30 heavy (non-hydrogen) atoms. The number of carbonyl (C=O) groups is 1. The Morgan fingerprint density at radius 3 is 2.60 bits per heavy atom. The Morgan fingerprint density at radius 1 is 1.07 bits per heavy atom. The van der Waals surface area contributed by atoms with Crippen LogP contribution in [0.4, 0.5) is 10.1 Å². The zero-order chi connectivity index (χ0) is 21.1. The first-order valence-electron chi connectivity index (χ1n) is 9.42. The summed E-state index contributed by atoms with van der Waals surface area (Å²) in [4.78, 5) is 17.1. The lowest BCUT2D eigenvalue weighted by atomic mass is 10.1. The molecule has 3 aromatic rings. The van der Waals surface area contributed by atoms with Gasteiger partial charge in [0.15, 0.2) is 6.10 Å². The summed E-state index contributed by atoms with van der Waals surface area (Å²) in [5.74, 6) is -1.03. The first-order valence-corrected chi connectivity index (χ1v) is 11.0. The van der Waals surface area contributed by atoms with Crippen molar-refractivity contribution in [3.05, 3.63) is 95.6 Å². The van der Waals surface area contributed by atoms with Gasteiger partial charge in [-0.2, -0.15) is 0 Å². The number of ether oxygens (including phenoxy) is 1. The largest absolute Gasteiger partial charge is 0.447 e. The normalized spacial score (nSPS) is 16.2. The smallest absolute Gasteiger partial charge is 0.339 e. The van der Waals surface area contributed by atoms with Crippen LogP contribution in [0.3, 0.4) is 0 Å². The van der Waals surface area contributed by atoms with E-state index in [2.05, 4.69) is 4.98 Å². The number of sulfonamides is 1. The quantitative estimate of drug-likeness (QED) is 0.582. The topological polar surface area (TPSA) is 76.6 Å². The molecule has 1 aliphatic rings. The van der Waals surface area contributed by atoms with E-state index in [9.17, 15) is 17.6 Å². The molecule has 1 unspecified atom stereocenters. The number of anilines is 1. The summed E-state index contributed by atoms with van der Waals surface area (Å²) in [6.45, 7) is 0.376. The van der Waals surface area contributed by atoms with Crippen LogP contribution < -0.4 is 4.31 Å². The summed E-state index contributed by atoms with van der Waals surface area (Å²) in [5.41, 5.74) is 1.52. The van der Waals surface area contributed by atoms with Gasteiger partial charge in [0, 0.05) is 18.3 Å². The summed E-state index contributed by atoms with van der Waals surface area (Å²) in [6.07, 6.45) is 1.20. The standard InChI is InChI=1S/C22H19FN2O4S/c23-18-8-3-6-16(14-18)21(20-10-1-2-11-24-20)29-22(26)17-7-4-9-19(15-17)25-12-5-13-30(25,27)28/h1-4,6-11,14-15,21H,5,12-13H2. The highest BCUT2D eigenvalue weighted by molar-refractivity contribution is 7.93. The molecule has 0 spiro atoms. The van der Waals surface area contributed by atoms with E-state index in [1.165, 1.54) is 28.6 Å². The summed E-state index contributed by atoms with van der Waals surface area (Å²) >= 11 is 0. The molecule has 1 atom stereocenters. The summed E-state index contributed by atoms with van der Waals surface area (Å²) in [5, 5.41) is 0. The summed E-state index contributed by atoms with van der Waals surface area (Å²) < 4.78 is 45.2. The lowest BCUT2D eigenvalue weighted by molar-refractivity contribution is 0.0370. The van der Waals surface area contributed by atoms with Gasteiger partial charge in [0.2, 0.25) is 10.0 Å².